The summed E-state index contributed by atoms with van der Waals surface area (Å²) in [5.41, 5.74) is 3.61. The van der Waals surface area contributed by atoms with Gasteiger partial charge >= 0.3 is 0 Å². The van der Waals surface area contributed by atoms with Gasteiger partial charge in [0.25, 0.3) is 0 Å². The topological polar surface area (TPSA) is 29.9 Å². The molecule has 3 aromatic rings. The number of nitrogens with zero attached hydrogens (tertiary/aromatic N) is 2. The Hall–Kier alpha value is -2.10. The van der Waals surface area contributed by atoms with Crippen molar-refractivity contribution in [2.75, 3.05) is 0 Å². The largest absolute Gasteiger partial charge is 0.306 e. The van der Waals surface area contributed by atoms with Crippen LogP contribution in [0.15, 0.2) is 67.3 Å². The van der Waals surface area contributed by atoms with Crippen molar-refractivity contribution < 1.29 is 0 Å². The highest BCUT2D eigenvalue weighted by atomic mass is 35.5. The minimum atomic E-state index is 0.285. The summed E-state index contributed by atoms with van der Waals surface area (Å²) in [6.45, 7) is 2.99. The first kappa shape index (κ1) is 14.8. The predicted octanol–water partition coefficient (Wildman–Crippen LogP) is 4.38. The number of benzene rings is 2. The van der Waals surface area contributed by atoms with Crippen molar-refractivity contribution in [3.8, 4) is 5.69 Å². The van der Waals surface area contributed by atoms with Gasteiger partial charge in [-0.15, -0.1) is 0 Å². The molecule has 3 nitrogen and oxygen atoms in total. The smallest absolute Gasteiger partial charge is 0.0991 e. The summed E-state index contributed by atoms with van der Waals surface area (Å²) in [6, 6.07) is 16.7. The Morgan fingerprint density at radius 2 is 1.82 bits per heavy atom. The van der Waals surface area contributed by atoms with E-state index < -0.39 is 0 Å². The molecular weight excluding hydrogens is 294 g/mol. The molecule has 1 heterocycles. The van der Waals surface area contributed by atoms with Crippen molar-refractivity contribution in [2.45, 2.75) is 19.5 Å². The Balaban J connectivity index is 1.62. The van der Waals surface area contributed by atoms with Crippen molar-refractivity contribution in [1.82, 2.24) is 14.9 Å². The summed E-state index contributed by atoms with van der Waals surface area (Å²) in [5.74, 6) is 0. The molecule has 0 saturated heterocycles. The summed E-state index contributed by atoms with van der Waals surface area (Å²) in [6.07, 6.45) is 5.53. The summed E-state index contributed by atoms with van der Waals surface area (Å²) in [7, 11) is 0. The van der Waals surface area contributed by atoms with Crippen molar-refractivity contribution in [2.24, 2.45) is 0 Å². The van der Waals surface area contributed by atoms with Crippen LogP contribution in [0.2, 0.25) is 5.02 Å². The fourth-order valence-electron chi connectivity index (χ4n) is 2.34. The minimum absolute atomic E-state index is 0.285. The van der Waals surface area contributed by atoms with Crippen LogP contribution >= 0.6 is 11.6 Å². The highest BCUT2D eigenvalue weighted by molar-refractivity contribution is 6.30. The Kier molecular flexibility index (Phi) is 4.56. The van der Waals surface area contributed by atoms with Gasteiger partial charge in [-0.2, -0.15) is 0 Å². The fourth-order valence-corrected chi connectivity index (χ4v) is 2.46. The maximum absolute atomic E-state index is 5.90. The van der Waals surface area contributed by atoms with Crippen LogP contribution in [0.3, 0.4) is 0 Å². The van der Waals surface area contributed by atoms with Gasteiger partial charge in [0.1, 0.15) is 0 Å². The van der Waals surface area contributed by atoms with E-state index in [9.17, 15) is 0 Å². The molecule has 0 aliphatic heterocycles. The number of halogens is 1. The van der Waals surface area contributed by atoms with Crippen LogP contribution < -0.4 is 5.32 Å². The van der Waals surface area contributed by atoms with E-state index >= 15 is 0 Å². The van der Waals surface area contributed by atoms with Crippen LogP contribution in [0.25, 0.3) is 5.69 Å². The standard InChI is InChI=1S/C18H18ClN3/c1-14(21-12-15-2-6-17(19)7-3-15)16-4-8-18(9-5-16)22-11-10-20-13-22/h2-11,13-14,21H,12H2,1H3. The number of aromatic nitrogens is 2. The molecule has 0 amide bonds. The molecule has 0 aliphatic carbocycles. The number of hydrogen-bond acceptors (Lipinski definition) is 2. The zero-order valence-electron chi connectivity index (χ0n) is 12.4. The Morgan fingerprint density at radius 1 is 1.09 bits per heavy atom. The second-order valence-corrected chi connectivity index (χ2v) is 5.73. The van der Waals surface area contributed by atoms with Gasteiger partial charge in [0, 0.05) is 35.7 Å². The highest BCUT2D eigenvalue weighted by Crippen LogP contribution is 2.17. The molecule has 0 spiro atoms. The molecule has 0 radical (unpaired) electrons. The molecule has 1 atom stereocenters. The molecule has 4 heteroatoms. The van der Waals surface area contributed by atoms with E-state index in [2.05, 4.69) is 41.5 Å². The summed E-state index contributed by atoms with van der Waals surface area (Å²) in [4.78, 5) is 4.07. The lowest BCUT2D eigenvalue weighted by atomic mass is 10.1. The molecule has 0 bridgehead atoms. The van der Waals surface area contributed by atoms with E-state index in [0.717, 1.165) is 17.3 Å². The van der Waals surface area contributed by atoms with Gasteiger partial charge in [-0.25, -0.2) is 4.98 Å². The van der Waals surface area contributed by atoms with Gasteiger partial charge in [0.15, 0.2) is 0 Å². The van der Waals surface area contributed by atoms with Crippen LogP contribution in [-0.4, -0.2) is 9.55 Å². The first-order chi connectivity index (χ1) is 10.7. The summed E-state index contributed by atoms with van der Waals surface area (Å²) < 4.78 is 2.00. The van der Waals surface area contributed by atoms with Gasteiger partial charge in [0.05, 0.1) is 6.33 Å². The van der Waals surface area contributed by atoms with Crippen LogP contribution in [0.1, 0.15) is 24.1 Å². The van der Waals surface area contributed by atoms with Crippen molar-refractivity contribution >= 4 is 11.6 Å². The molecule has 0 saturated carbocycles. The second kappa shape index (κ2) is 6.77. The fraction of sp³-hybridized carbons (Fsp3) is 0.167. The normalized spacial score (nSPS) is 12.3. The Morgan fingerprint density at radius 3 is 2.45 bits per heavy atom. The van der Waals surface area contributed by atoms with E-state index in [1.165, 1.54) is 11.1 Å². The van der Waals surface area contributed by atoms with Crippen molar-refractivity contribution in [3.63, 3.8) is 0 Å². The third kappa shape index (κ3) is 3.56. The molecule has 22 heavy (non-hydrogen) atoms. The molecule has 1 unspecified atom stereocenters. The Bertz CT molecular complexity index is 703. The number of nitrogens with one attached hydrogen (secondary N) is 1. The average molecular weight is 312 g/mol. The number of hydrogen-bond donors (Lipinski definition) is 1. The summed E-state index contributed by atoms with van der Waals surface area (Å²) in [5, 5.41) is 4.30. The quantitative estimate of drug-likeness (QED) is 0.758. The second-order valence-electron chi connectivity index (χ2n) is 5.29. The molecule has 3 rings (SSSR count). The number of rotatable bonds is 5. The van der Waals surface area contributed by atoms with Crippen LogP contribution in [0.4, 0.5) is 0 Å². The van der Waals surface area contributed by atoms with Crippen molar-refractivity contribution in [1.29, 1.82) is 0 Å². The highest BCUT2D eigenvalue weighted by Gasteiger charge is 2.05. The van der Waals surface area contributed by atoms with Gasteiger partial charge in [-0.1, -0.05) is 35.9 Å². The van der Waals surface area contributed by atoms with E-state index in [1.807, 2.05) is 35.0 Å². The molecule has 0 aliphatic rings. The molecule has 1 N–H and O–H groups in total. The molecule has 2 aromatic carbocycles. The molecule has 0 fully saturated rings. The zero-order chi connectivity index (χ0) is 15.4. The van der Waals surface area contributed by atoms with E-state index in [-0.39, 0.29) is 6.04 Å². The van der Waals surface area contributed by atoms with E-state index in [1.54, 1.807) is 12.5 Å². The van der Waals surface area contributed by atoms with E-state index in [0.29, 0.717) is 0 Å². The maximum Gasteiger partial charge on any atom is 0.0991 e. The van der Waals surface area contributed by atoms with Gasteiger partial charge in [-0.05, 0) is 42.3 Å². The molecule has 112 valence electrons. The SMILES string of the molecule is CC(NCc1ccc(Cl)cc1)c1ccc(-n2ccnc2)cc1. The van der Waals surface area contributed by atoms with Crippen molar-refractivity contribution in [3.05, 3.63) is 83.4 Å². The van der Waals surface area contributed by atoms with Crippen LogP contribution in [-0.2, 0) is 6.54 Å². The third-order valence-electron chi connectivity index (χ3n) is 3.72. The lowest BCUT2D eigenvalue weighted by Crippen LogP contribution is -2.18. The number of imidazole rings is 1. The van der Waals surface area contributed by atoms with Crippen LogP contribution in [0.5, 0.6) is 0 Å². The Labute approximate surface area is 135 Å². The maximum atomic E-state index is 5.90. The lowest BCUT2D eigenvalue weighted by molar-refractivity contribution is 0.574. The molecular formula is C18H18ClN3. The molecule has 1 aromatic heterocycles. The first-order valence-electron chi connectivity index (χ1n) is 7.28. The predicted molar refractivity (Wildman–Crippen MR) is 90.3 cm³/mol. The van der Waals surface area contributed by atoms with Gasteiger partial charge in [-0.3, -0.25) is 0 Å². The average Bonchev–Trinajstić information content (AvgIpc) is 3.09. The first-order valence-corrected chi connectivity index (χ1v) is 7.66. The minimum Gasteiger partial charge on any atom is -0.306 e. The summed E-state index contributed by atoms with van der Waals surface area (Å²) >= 11 is 5.90. The van der Waals surface area contributed by atoms with Gasteiger partial charge in [0.2, 0.25) is 0 Å². The van der Waals surface area contributed by atoms with Crippen LogP contribution in [0, 0.1) is 0 Å². The zero-order valence-corrected chi connectivity index (χ0v) is 13.2. The third-order valence-corrected chi connectivity index (χ3v) is 3.97. The lowest BCUT2D eigenvalue weighted by Gasteiger charge is -2.15. The van der Waals surface area contributed by atoms with E-state index in [4.69, 9.17) is 11.6 Å². The monoisotopic (exact) mass is 311 g/mol. The van der Waals surface area contributed by atoms with Gasteiger partial charge < -0.3 is 9.88 Å².